The molecule has 0 spiro atoms. The van der Waals surface area contributed by atoms with Crippen LogP contribution in [0.4, 0.5) is 0 Å². The lowest BCUT2D eigenvalue weighted by Crippen LogP contribution is -2.04. The van der Waals surface area contributed by atoms with Gasteiger partial charge in [0.1, 0.15) is 3.74 Å². The van der Waals surface area contributed by atoms with Crippen molar-refractivity contribution >= 4 is 69.5 Å². The van der Waals surface area contributed by atoms with Crippen LogP contribution in [0.2, 0.25) is 0 Å². The number of rotatable bonds is 2. The van der Waals surface area contributed by atoms with Crippen molar-refractivity contribution in [1.82, 2.24) is 0 Å². The van der Waals surface area contributed by atoms with Gasteiger partial charge in [0.25, 0.3) is 0 Å². The summed E-state index contributed by atoms with van der Waals surface area (Å²) >= 11 is 12.2. The number of halogens is 4. The molecule has 0 rings (SSSR count). The van der Waals surface area contributed by atoms with Gasteiger partial charge in [-0.15, -0.1) is 0 Å². The summed E-state index contributed by atoms with van der Waals surface area (Å²) in [7, 11) is 0. The van der Waals surface area contributed by atoms with Crippen LogP contribution in [-0.4, -0.2) is 9.52 Å². The first kappa shape index (κ1) is 10.3. The van der Waals surface area contributed by atoms with E-state index >= 15 is 0 Å². The van der Waals surface area contributed by atoms with Crippen molar-refractivity contribution in [2.24, 2.45) is 0 Å². The van der Waals surface area contributed by atoms with Crippen LogP contribution in [0.15, 0.2) is 9.47 Å². The Bertz CT molecular complexity index is 140. The van der Waals surface area contributed by atoms with Gasteiger partial charge in [0.15, 0.2) is 5.78 Å². The lowest BCUT2D eigenvalue weighted by Gasteiger charge is -1.95. The molecule has 1 nitrogen and oxygen atoms in total. The van der Waals surface area contributed by atoms with Gasteiger partial charge < -0.3 is 0 Å². The third-order valence-electron chi connectivity index (χ3n) is 0.529. The number of alkyl halides is 2. The summed E-state index contributed by atoms with van der Waals surface area (Å²) < 4.78 is 0.189. The Labute approximate surface area is 86.8 Å². The van der Waals surface area contributed by atoms with Gasteiger partial charge in [0.05, 0.1) is 4.48 Å². The quantitative estimate of drug-likeness (QED) is 0.526. The normalized spacial score (nSPS) is 12.3. The Morgan fingerprint density at radius 2 is 1.89 bits per heavy atom. The Hall–Kier alpha value is 1.33. The highest BCUT2D eigenvalue weighted by atomic mass is 79.9. The lowest BCUT2D eigenvalue weighted by molar-refractivity contribution is -0.112. The fraction of sp³-hybridized carbons (Fsp3) is 0.250. The van der Waals surface area contributed by atoms with Gasteiger partial charge in [0, 0.05) is 0 Å². The van der Waals surface area contributed by atoms with Crippen molar-refractivity contribution in [3.05, 3.63) is 9.47 Å². The molecule has 0 aromatic heterocycles. The van der Waals surface area contributed by atoms with Crippen LogP contribution in [0.3, 0.4) is 0 Å². The standard InChI is InChI=1S/C4H2Br4O/c5-1-2(6)3(9)4(7)8/h1,4H/b2-1-. The maximum atomic E-state index is 10.8. The molecule has 0 bridgehead atoms. The Balaban J connectivity index is 4.06. The number of Topliss-reactive ketones (excluding diaryl/α,β-unsaturated/α-hetero) is 1. The zero-order valence-corrected chi connectivity index (χ0v) is 10.4. The molecule has 0 N–H and O–H groups in total. The van der Waals surface area contributed by atoms with Crippen LogP contribution in [0.5, 0.6) is 0 Å². The number of carbonyl (C=O) groups is 1. The molecule has 9 heavy (non-hydrogen) atoms. The molecule has 0 heterocycles. The minimum Gasteiger partial charge on any atom is -0.291 e. The van der Waals surface area contributed by atoms with Crippen LogP contribution in [0.1, 0.15) is 0 Å². The number of carbonyl (C=O) groups excluding carboxylic acids is 1. The molecule has 0 fully saturated rings. The Kier molecular flexibility index (Phi) is 5.79. The van der Waals surface area contributed by atoms with Crippen molar-refractivity contribution in [3.63, 3.8) is 0 Å². The average molecular weight is 386 g/mol. The van der Waals surface area contributed by atoms with Crippen molar-refractivity contribution < 1.29 is 4.79 Å². The van der Waals surface area contributed by atoms with E-state index in [1.165, 1.54) is 4.99 Å². The molecule has 0 aliphatic carbocycles. The summed E-state index contributed by atoms with van der Waals surface area (Å²) in [5, 5.41) is 0. The van der Waals surface area contributed by atoms with E-state index in [1.807, 2.05) is 0 Å². The molecule has 0 amide bonds. The molecular weight excluding hydrogens is 384 g/mol. The van der Waals surface area contributed by atoms with E-state index in [2.05, 4.69) is 63.7 Å². The maximum Gasteiger partial charge on any atom is 0.194 e. The SMILES string of the molecule is O=C(/C(Br)=C/Br)C(Br)Br. The largest absolute Gasteiger partial charge is 0.291 e. The Morgan fingerprint density at radius 3 is 2.00 bits per heavy atom. The monoisotopic (exact) mass is 382 g/mol. The third-order valence-corrected chi connectivity index (χ3v) is 3.05. The van der Waals surface area contributed by atoms with Gasteiger partial charge in [-0.05, 0) is 20.9 Å². The van der Waals surface area contributed by atoms with E-state index in [0.717, 1.165) is 0 Å². The average Bonchev–Trinajstić information content (AvgIpc) is 1.84. The molecule has 52 valence electrons. The number of hydrogen-bond donors (Lipinski definition) is 0. The lowest BCUT2D eigenvalue weighted by atomic mass is 10.5. The van der Waals surface area contributed by atoms with Gasteiger partial charge in [-0.3, -0.25) is 4.79 Å². The molecule has 5 heteroatoms. The molecule has 0 saturated carbocycles. The van der Waals surface area contributed by atoms with Crippen LogP contribution in [-0.2, 0) is 4.79 Å². The van der Waals surface area contributed by atoms with E-state index in [1.54, 1.807) is 0 Å². The van der Waals surface area contributed by atoms with Crippen LogP contribution in [0.25, 0.3) is 0 Å². The summed E-state index contributed by atoms with van der Waals surface area (Å²) in [6, 6.07) is 0. The first-order valence-corrected chi connectivity index (χ1v) is 5.42. The molecule has 0 atom stereocenters. The minimum atomic E-state index is -0.312. The summed E-state index contributed by atoms with van der Waals surface area (Å²) in [5.74, 6) is -0.0492. The zero-order chi connectivity index (χ0) is 7.44. The molecule has 0 radical (unpaired) electrons. The highest BCUT2D eigenvalue weighted by Crippen LogP contribution is 2.19. The summed E-state index contributed by atoms with van der Waals surface area (Å²) in [4.78, 5) is 12.4. The third kappa shape index (κ3) is 3.91. The second-order valence-corrected chi connectivity index (χ2v) is 5.49. The van der Waals surface area contributed by atoms with Crippen LogP contribution in [0, 0.1) is 0 Å². The first-order valence-electron chi connectivity index (χ1n) is 1.88. The fourth-order valence-corrected chi connectivity index (χ4v) is 1.72. The molecule has 0 aliphatic rings. The van der Waals surface area contributed by atoms with Crippen molar-refractivity contribution in [2.75, 3.05) is 0 Å². The summed E-state index contributed by atoms with van der Waals surface area (Å²) in [6.45, 7) is 0. The Morgan fingerprint density at radius 1 is 1.44 bits per heavy atom. The smallest absolute Gasteiger partial charge is 0.194 e. The van der Waals surface area contributed by atoms with Gasteiger partial charge in [-0.1, -0.05) is 47.8 Å². The molecule has 0 aliphatic heterocycles. The minimum absolute atomic E-state index is 0.0492. The van der Waals surface area contributed by atoms with E-state index in [9.17, 15) is 4.79 Å². The van der Waals surface area contributed by atoms with Gasteiger partial charge in [-0.25, -0.2) is 0 Å². The highest BCUT2D eigenvalue weighted by molar-refractivity contribution is 9.25. The van der Waals surface area contributed by atoms with E-state index in [-0.39, 0.29) is 9.52 Å². The number of ketones is 1. The van der Waals surface area contributed by atoms with E-state index < -0.39 is 0 Å². The van der Waals surface area contributed by atoms with Gasteiger partial charge in [0.2, 0.25) is 0 Å². The van der Waals surface area contributed by atoms with Gasteiger partial charge in [-0.2, -0.15) is 0 Å². The van der Waals surface area contributed by atoms with Crippen molar-refractivity contribution in [1.29, 1.82) is 0 Å². The van der Waals surface area contributed by atoms with E-state index in [0.29, 0.717) is 4.48 Å². The predicted octanol–water partition coefficient (Wildman–Crippen LogP) is 3.30. The topological polar surface area (TPSA) is 17.1 Å². The highest BCUT2D eigenvalue weighted by Gasteiger charge is 2.12. The van der Waals surface area contributed by atoms with E-state index in [4.69, 9.17) is 0 Å². The maximum absolute atomic E-state index is 10.8. The van der Waals surface area contributed by atoms with Crippen LogP contribution < -0.4 is 0 Å². The fourth-order valence-electron chi connectivity index (χ4n) is 0.158. The number of hydrogen-bond acceptors (Lipinski definition) is 1. The molecule has 0 aromatic carbocycles. The summed E-state index contributed by atoms with van der Waals surface area (Å²) in [5.41, 5.74) is 0. The second kappa shape index (κ2) is 5.04. The second-order valence-electron chi connectivity index (χ2n) is 1.12. The summed E-state index contributed by atoms with van der Waals surface area (Å²) in [6.07, 6.45) is 0. The molecule has 0 aromatic rings. The predicted molar refractivity (Wildman–Crippen MR) is 52.6 cm³/mol. The molecular formula is C4H2Br4O. The number of allylic oxidation sites excluding steroid dienone is 1. The molecule has 0 saturated heterocycles. The van der Waals surface area contributed by atoms with Crippen molar-refractivity contribution in [2.45, 2.75) is 3.74 Å². The van der Waals surface area contributed by atoms with Gasteiger partial charge >= 0.3 is 0 Å². The van der Waals surface area contributed by atoms with Crippen LogP contribution >= 0.6 is 63.7 Å². The molecule has 0 unspecified atom stereocenters. The zero-order valence-electron chi connectivity index (χ0n) is 4.07. The van der Waals surface area contributed by atoms with Crippen molar-refractivity contribution in [3.8, 4) is 0 Å². The first-order chi connectivity index (χ1) is 4.09.